The Morgan fingerprint density at radius 3 is 2.75 bits per heavy atom. The van der Waals surface area contributed by atoms with Crippen LogP contribution in [0.3, 0.4) is 0 Å². The Bertz CT molecular complexity index is 514. The zero-order valence-electron chi connectivity index (χ0n) is 8.74. The number of rotatable bonds is 2. The molecule has 0 spiro atoms. The van der Waals surface area contributed by atoms with Crippen LogP contribution in [-0.2, 0) is 6.42 Å². The SMILES string of the molecule is CCc1nc(F)cc(-c2cccc(Cl)c2)n1. The molecule has 4 heteroatoms. The molecule has 2 nitrogen and oxygen atoms in total. The van der Waals surface area contributed by atoms with Crippen LogP contribution >= 0.6 is 11.6 Å². The zero-order valence-corrected chi connectivity index (χ0v) is 9.50. The van der Waals surface area contributed by atoms with Gasteiger partial charge >= 0.3 is 0 Å². The van der Waals surface area contributed by atoms with Gasteiger partial charge in [0.15, 0.2) is 0 Å². The van der Waals surface area contributed by atoms with Crippen molar-refractivity contribution in [2.45, 2.75) is 13.3 Å². The van der Waals surface area contributed by atoms with Crippen molar-refractivity contribution in [3.63, 3.8) is 0 Å². The average Bonchev–Trinajstić information content (AvgIpc) is 2.28. The Kier molecular flexibility index (Phi) is 3.15. The summed E-state index contributed by atoms with van der Waals surface area (Å²) in [6.45, 7) is 1.89. The summed E-state index contributed by atoms with van der Waals surface area (Å²) >= 11 is 5.87. The molecule has 0 saturated carbocycles. The molecule has 2 aromatic rings. The maximum absolute atomic E-state index is 13.2. The molecule has 0 aliphatic carbocycles. The van der Waals surface area contributed by atoms with Crippen LogP contribution in [0.5, 0.6) is 0 Å². The second-order valence-corrected chi connectivity index (χ2v) is 3.79. The number of aryl methyl sites for hydroxylation is 1. The number of halogens is 2. The number of aromatic nitrogens is 2. The van der Waals surface area contributed by atoms with Crippen LogP contribution in [0.25, 0.3) is 11.3 Å². The van der Waals surface area contributed by atoms with Gasteiger partial charge in [0, 0.05) is 23.1 Å². The normalized spacial score (nSPS) is 10.4. The molecule has 0 bridgehead atoms. The first kappa shape index (κ1) is 11.0. The van der Waals surface area contributed by atoms with E-state index in [9.17, 15) is 4.39 Å². The summed E-state index contributed by atoms with van der Waals surface area (Å²) in [6.07, 6.45) is 0.603. The highest BCUT2D eigenvalue weighted by atomic mass is 35.5. The van der Waals surface area contributed by atoms with Crippen LogP contribution in [0.2, 0.25) is 5.02 Å². The second kappa shape index (κ2) is 4.58. The molecule has 1 aromatic carbocycles. The summed E-state index contributed by atoms with van der Waals surface area (Å²) in [5.41, 5.74) is 1.36. The minimum Gasteiger partial charge on any atom is -0.233 e. The quantitative estimate of drug-likeness (QED) is 0.746. The van der Waals surface area contributed by atoms with E-state index in [1.54, 1.807) is 12.1 Å². The van der Waals surface area contributed by atoms with Gasteiger partial charge in [0.05, 0.1) is 5.69 Å². The third-order valence-corrected chi connectivity index (χ3v) is 2.41. The van der Waals surface area contributed by atoms with E-state index in [0.717, 1.165) is 5.56 Å². The summed E-state index contributed by atoms with van der Waals surface area (Å²) < 4.78 is 13.2. The third-order valence-electron chi connectivity index (χ3n) is 2.18. The maximum Gasteiger partial charge on any atom is 0.216 e. The highest BCUT2D eigenvalue weighted by Gasteiger charge is 2.05. The molecule has 0 saturated heterocycles. The van der Waals surface area contributed by atoms with Gasteiger partial charge in [-0.2, -0.15) is 4.39 Å². The van der Waals surface area contributed by atoms with Crippen LogP contribution < -0.4 is 0 Å². The first-order valence-corrected chi connectivity index (χ1v) is 5.36. The Morgan fingerprint density at radius 2 is 2.06 bits per heavy atom. The molecule has 1 heterocycles. The fourth-order valence-corrected chi connectivity index (χ4v) is 1.61. The van der Waals surface area contributed by atoms with Crippen molar-refractivity contribution < 1.29 is 4.39 Å². The summed E-state index contributed by atoms with van der Waals surface area (Å²) in [5, 5.41) is 0.606. The molecular formula is C12H10ClFN2. The van der Waals surface area contributed by atoms with Crippen LogP contribution in [0.15, 0.2) is 30.3 Å². The average molecular weight is 237 g/mol. The number of nitrogens with zero attached hydrogens (tertiary/aromatic N) is 2. The second-order valence-electron chi connectivity index (χ2n) is 3.36. The highest BCUT2D eigenvalue weighted by Crippen LogP contribution is 2.21. The molecule has 2 rings (SSSR count). The topological polar surface area (TPSA) is 25.8 Å². The molecular weight excluding hydrogens is 227 g/mol. The summed E-state index contributed by atoms with van der Waals surface area (Å²) in [7, 11) is 0. The molecule has 0 amide bonds. The molecule has 0 aliphatic rings. The molecule has 0 fully saturated rings. The van der Waals surface area contributed by atoms with Crippen LogP contribution in [-0.4, -0.2) is 9.97 Å². The van der Waals surface area contributed by atoms with Gasteiger partial charge in [0.2, 0.25) is 5.95 Å². The number of benzene rings is 1. The van der Waals surface area contributed by atoms with Gasteiger partial charge in [0.25, 0.3) is 0 Å². The molecule has 0 radical (unpaired) electrons. The van der Waals surface area contributed by atoms with Crippen molar-refractivity contribution in [1.82, 2.24) is 9.97 Å². The Morgan fingerprint density at radius 1 is 1.25 bits per heavy atom. The lowest BCUT2D eigenvalue weighted by Crippen LogP contribution is -1.98. The smallest absolute Gasteiger partial charge is 0.216 e. The Labute approximate surface area is 98.1 Å². The number of hydrogen-bond donors (Lipinski definition) is 0. The monoisotopic (exact) mass is 236 g/mol. The van der Waals surface area contributed by atoms with Crippen molar-refractivity contribution in [3.8, 4) is 11.3 Å². The predicted octanol–water partition coefficient (Wildman–Crippen LogP) is 3.50. The van der Waals surface area contributed by atoms with Crippen molar-refractivity contribution in [3.05, 3.63) is 47.1 Å². The first-order chi connectivity index (χ1) is 7.69. The van der Waals surface area contributed by atoms with Crippen molar-refractivity contribution in [2.75, 3.05) is 0 Å². The third kappa shape index (κ3) is 2.36. The fraction of sp³-hybridized carbons (Fsp3) is 0.167. The van der Waals surface area contributed by atoms with Gasteiger partial charge in [-0.15, -0.1) is 0 Å². The lowest BCUT2D eigenvalue weighted by Gasteiger charge is -2.03. The number of hydrogen-bond acceptors (Lipinski definition) is 2. The molecule has 1 aromatic heterocycles. The van der Waals surface area contributed by atoms with Gasteiger partial charge in [-0.25, -0.2) is 9.97 Å². The van der Waals surface area contributed by atoms with Crippen LogP contribution in [0.4, 0.5) is 4.39 Å². The van der Waals surface area contributed by atoms with Gasteiger partial charge in [-0.1, -0.05) is 30.7 Å². The van der Waals surface area contributed by atoms with E-state index in [1.807, 2.05) is 19.1 Å². The lowest BCUT2D eigenvalue weighted by atomic mass is 10.1. The van der Waals surface area contributed by atoms with Gasteiger partial charge in [0.1, 0.15) is 5.82 Å². The summed E-state index contributed by atoms with van der Waals surface area (Å²) in [6, 6.07) is 8.48. The molecule has 16 heavy (non-hydrogen) atoms. The zero-order chi connectivity index (χ0) is 11.5. The highest BCUT2D eigenvalue weighted by molar-refractivity contribution is 6.30. The van der Waals surface area contributed by atoms with Crippen LogP contribution in [0.1, 0.15) is 12.7 Å². The van der Waals surface area contributed by atoms with Crippen LogP contribution in [0, 0.1) is 5.95 Å². The Balaban J connectivity index is 2.51. The van der Waals surface area contributed by atoms with E-state index in [0.29, 0.717) is 23.0 Å². The maximum atomic E-state index is 13.2. The molecule has 0 N–H and O–H groups in total. The van der Waals surface area contributed by atoms with E-state index in [-0.39, 0.29) is 0 Å². The van der Waals surface area contributed by atoms with Gasteiger partial charge in [-0.3, -0.25) is 0 Å². The molecule has 0 aliphatic heterocycles. The largest absolute Gasteiger partial charge is 0.233 e. The van der Waals surface area contributed by atoms with Crippen molar-refractivity contribution in [1.29, 1.82) is 0 Å². The standard InChI is InChI=1S/C12H10ClFN2/c1-2-12-15-10(7-11(14)16-12)8-4-3-5-9(13)6-8/h3-7H,2H2,1H3. The summed E-state index contributed by atoms with van der Waals surface area (Å²) in [5.74, 6) is -0.0169. The molecule has 0 unspecified atom stereocenters. The van der Waals surface area contributed by atoms with E-state index >= 15 is 0 Å². The minimum atomic E-state index is -0.512. The van der Waals surface area contributed by atoms with Gasteiger partial charge in [-0.05, 0) is 12.1 Å². The predicted molar refractivity (Wildman–Crippen MR) is 61.8 cm³/mol. The fourth-order valence-electron chi connectivity index (χ4n) is 1.42. The van der Waals surface area contributed by atoms with Crippen molar-refractivity contribution in [2.24, 2.45) is 0 Å². The first-order valence-electron chi connectivity index (χ1n) is 4.98. The van der Waals surface area contributed by atoms with Gasteiger partial charge < -0.3 is 0 Å². The Hall–Kier alpha value is -1.48. The molecule has 0 atom stereocenters. The minimum absolute atomic E-state index is 0.495. The van der Waals surface area contributed by atoms with E-state index < -0.39 is 5.95 Å². The lowest BCUT2D eigenvalue weighted by molar-refractivity contribution is 0.571. The molecule has 82 valence electrons. The van der Waals surface area contributed by atoms with E-state index in [2.05, 4.69) is 9.97 Å². The summed E-state index contributed by atoms with van der Waals surface area (Å²) in [4.78, 5) is 7.94. The van der Waals surface area contributed by atoms with E-state index in [4.69, 9.17) is 11.6 Å². The van der Waals surface area contributed by atoms with E-state index in [1.165, 1.54) is 6.07 Å². The van der Waals surface area contributed by atoms with Crippen molar-refractivity contribution >= 4 is 11.6 Å².